The number of hydrogen-bond acceptors (Lipinski definition) is 3. The number of halogens is 2. The number of pyridine rings is 1. The van der Waals surface area contributed by atoms with Crippen molar-refractivity contribution in [2.24, 2.45) is 5.73 Å². The number of fused-ring (bicyclic) bond motifs is 1. The lowest BCUT2D eigenvalue weighted by Gasteiger charge is -2.14. The molecule has 2 N–H and O–H groups in total. The van der Waals surface area contributed by atoms with Gasteiger partial charge in [0.05, 0.1) is 16.3 Å². The number of nitrogens with two attached hydrogens (primary N) is 1. The summed E-state index contributed by atoms with van der Waals surface area (Å²) in [5, 5.41) is 3.25. The zero-order chi connectivity index (χ0) is 13.4. The lowest BCUT2D eigenvalue weighted by molar-refractivity contribution is 0.867. The third kappa shape index (κ3) is 2.47. The molecule has 0 fully saturated rings. The molecular weight excluding hydrogens is 299 g/mol. The van der Waals surface area contributed by atoms with Gasteiger partial charge in [-0.25, -0.2) is 0 Å². The molecule has 0 spiro atoms. The maximum absolute atomic E-state index is 6.27. The zero-order valence-electron chi connectivity index (χ0n) is 9.81. The van der Waals surface area contributed by atoms with Crippen LogP contribution in [0.5, 0.6) is 0 Å². The highest BCUT2D eigenvalue weighted by Gasteiger charge is 2.14. The van der Waals surface area contributed by atoms with Gasteiger partial charge in [0.1, 0.15) is 0 Å². The number of benzene rings is 1. The summed E-state index contributed by atoms with van der Waals surface area (Å²) in [7, 11) is 0. The quantitative estimate of drug-likeness (QED) is 0.748. The van der Waals surface area contributed by atoms with E-state index in [0.717, 1.165) is 21.3 Å². The fourth-order valence-corrected chi connectivity index (χ4v) is 3.17. The summed E-state index contributed by atoms with van der Waals surface area (Å²) in [6.45, 7) is 0. The molecule has 2 heterocycles. The zero-order valence-corrected chi connectivity index (χ0v) is 12.1. The molecule has 1 atom stereocenters. The molecule has 0 aliphatic carbocycles. The largest absolute Gasteiger partial charge is 0.320 e. The Morgan fingerprint density at radius 3 is 2.84 bits per heavy atom. The number of hydrogen-bond donors (Lipinski definition) is 1. The topological polar surface area (TPSA) is 38.9 Å². The van der Waals surface area contributed by atoms with Crippen molar-refractivity contribution in [3.8, 4) is 0 Å². The van der Waals surface area contributed by atoms with Crippen LogP contribution < -0.4 is 5.73 Å². The summed E-state index contributed by atoms with van der Waals surface area (Å²) in [6.07, 6.45) is 1.79. The van der Waals surface area contributed by atoms with Crippen LogP contribution in [0.1, 0.15) is 17.2 Å². The molecule has 0 saturated carbocycles. The van der Waals surface area contributed by atoms with E-state index in [0.29, 0.717) is 10.0 Å². The highest BCUT2D eigenvalue weighted by atomic mass is 35.5. The van der Waals surface area contributed by atoms with Gasteiger partial charge in [0.25, 0.3) is 0 Å². The Hall–Kier alpha value is -1.13. The molecule has 2 aromatic heterocycles. The number of thiophene rings is 1. The van der Waals surface area contributed by atoms with E-state index in [2.05, 4.69) is 11.1 Å². The standard InChI is InChI=1S/C14H10Cl2N2S/c15-9-1-2-11(16)10(6-9)14(17)8-5-13-12(18-7-8)3-4-19-13/h1-7,14H,17H2. The molecule has 0 amide bonds. The fraction of sp³-hybridized carbons (Fsp3) is 0.0714. The first-order chi connectivity index (χ1) is 9.15. The molecular formula is C14H10Cl2N2S. The molecule has 5 heteroatoms. The molecule has 3 aromatic rings. The summed E-state index contributed by atoms with van der Waals surface area (Å²) in [6, 6.07) is 9.02. The van der Waals surface area contributed by atoms with Crippen molar-refractivity contribution in [3.63, 3.8) is 0 Å². The van der Waals surface area contributed by atoms with Crippen molar-refractivity contribution in [2.75, 3.05) is 0 Å². The first-order valence-corrected chi connectivity index (χ1v) is 7.32. The van der Waals surface area contributed by atoms with Gasteiger partial charge in [0.2, 0.25) is 0 Å². The first kappa shape index (κ1) is 12.9. The third-order valence-corrected chi connectivity index (χ3v) is 4.41. The maximum Gasteiger partial charge on any atom is 0.0809 e. The maximum atomic E-state index is 6.27. The molecule has 0 aliphatic rings. The van der Waals surface area contributed by atoms with Gasteiger partial charge in [-0.3, -0.25) is 4.98 Å². The molecule has 3 rings (SSSR count). The van der Waals surface area contributed by atoms with Crippen LogP contribution in [0.3, 0.4) is 0 Å². The smallest absolute Gasteiger partial charge is 0.0809 e. The van der Waals surface area contributed by atoms with Crippen molar-refractivity contribution >= 4 is 44.8 Å². The van der Waals surface area contributed by atoms with E-state index < -0.39 is 0 Å². The lowest BCUT2D eigenvalue weighted by Crippen LogP contribution is -2.12. The molecule has 1 unspecified atom stereocenters. The third-order valence-electron chi connectivity index (χ3n) is 2.98. The van der Waals surface area contributed by atoms with Gasteiger partial charge >= 0.3 is 0 Å². The second kappa shape index (κ2) is 5.10. The van der Waals surface area contributed by atoms with Crippen LogP contribution >= 0.6 is 34.5 Å². The molecule has 19 heavy (non-hydrogen) atoms. The minimum atomic E-state index is -0.329. The predicted octanol–water partition coefficient (Wildman–Crippen LogP) is 4.65. The van der Waals surface area contributed by atoms with E-state index in [4.69, 9.17) is 28.9 Å². The molecule has 1 aromatic carbocycles. The Morgan fingerprint density at radius 2 is 2.00 bits per heavy atom. The van der Waals surface area contributed by atoms with Gasteiger partial charge in [-0.15, -0.1) is 11.3 Å². The van der Waals surface area contributed by atoms with E-state index in [1.165, 1.54) is 0 Å². The molecule has 0 bridgehead atoms. The Labute approximate surface area is 124 Å². The average Bonchev–Trinajstić information content (AvgIpc) is 2.88. The van der Waals surface area contributed by atoms with Crippen molar-refractivity contribution in [1.29, 1.82) is 0 Å². The second-order valence-corrected chi connectivity index (χ2v) is 6.01. The minimum absolute atomic E-state index is 0.329. The van der Waals surface area contributed by atoms with E-state index in [9.17, 15) is 0 Å². The summed E-state index contributed by atoms with van der Waals surface area (Å²) in [4.78, 5) is 4.39. The van der Waals surface area contributed by atoms with Crippen LogP contribution in [-0.2, 0) is 0 Å². The summed E-state index contributed by atoms with van der Waals surface area (Å²) >= 11 is 13.8. The summed E-state index contributed by atoms with van der Waals surface area (Å²) in [5.74, 6) is 0. The van der Waals surface area contributed by atoms with Gasteiger partial charge < -0.3 is 5.73 Å². The monoisotopic (exact) mass is 308 g/mol. The van der Waals surface area contributed by atoms with E-state index >= 15 is 0 Å². The van der Waals surface area contributed by atoms with Crippen LogP contribution in [0.4, 0.5) is 0 Å². The van der Waals surface area contributed by atoms with Gasteiger partial charge in [0.15, 0.2) is 0 Å². The highest BCUT2D eigenvalue weighted by molar-refractivity contribution is 7.17. The van der Waals surface area contributed by atoms with Crippen molar-refractivity contribution in [1.82, 2.24) is 4.98 Å². The summed E-state index contributed by atoms with van der Waals surface area (Å²) in [5.41, 5.74) is 8.99. The lowest BCUT2D eigenvalue weighted by atomic mass is 10.0. The molecule has 96 valence electrons. The van der Waals surface area contributed by atoms with E-state index in [1.807, 2.05) is 11.4 Å². The van der Waals surface area contributed by atoms with Crippen LogP contribution in [-0.4, -0.2) is 4.98 Å². The van der Waals surface area contributed by atoms with Gasteiger partial charge in [-0.1, -0.05) is 23.2 Å². The molecule has 2 nitrogen and oxygen atoms in total. The van der Waals surface area contributed by atoms with Crippen LogP contribution in [0.15, 0.2) is 41.9 Å². The Balaban J connectivity index is 2.07. The number of aromatic nitrogens is 1. The average molecular weight is 309 g/mol. The fourth-order valence-electron chi connectivity index (χ4n) is 1.96. The summed E-state index contributed by atoms with van der Waals surface area (Å²) < 4.78 is 1.12. The number of rotatable bonds is 2. The minimum Gasteiger partial charge on any atom is -0.320 e. The Morgan fingerprint density at radius 1 is 1.16 bits per heavy atom. The SMILES string of the molecule is NC(c1cnc2ccsc2c1)c1cc(Cl)ccc1Cl. The van der Waals surface area contributed by atoms with Crippen LogP contribution in [0, 0.1) is 0 Å². The Kier molecular flexibility index (Phi) is 3.46. The van der Waals surface area contributed by atoms with Crippen LogP contribution in [0.25, 0.3) is 10.2 Å². The normalized spacial score (nSPS) is 12.8. The molecule has 0 saturated heterocycles. The van der Waals surface area contributed by atoms with E-state index in [-0.39, 0.29) is 6.04 Å². The van der Waals surface area contributed by atoms with Crippen molar-refractivity contribution in [3.05, 3.63) is 63.1 Å². The van der Waals surface area contributed by atoms with Crippen LogP contribution in [0.2, 0.25) is 10.0 Å². The second-order valence-electron chi connectivity index (χ2n) is 4.22. The highest BCUT2D eigenvalue weighted by Crippen LogP contribution is 2.30. The predicted molar refractivity (Wildman–Crippen MR) is 82.1 cm³/mol. The van der Waals surface area contributed by atoms with E-state index in [1.54, 1.807) is 35.7 Å². The van der Waals surface area contributed by atoms with Gasteiger partial charge in [-0.2, -0.15) is 0 Å². The molecule has 0 aliphatic heterocycles. The first-order valence-electron chi connectivity index (χ1n) is 5.69. The van der Waals surface area contributed by atoms with Crippen molar-refractivity contribution in [2.45, 2.75) is 6.04 Å². The van der Waals surface area contributed by atoms with Gasteiger partial charge in [0, 0.05) is 16.2 Å². The number of nitrogens with zero attached hydrogens (tertiary/aromatic N) is 1. The molecule has 0 radical (unpaired) electrons. The Bertz CT molecular complexity index is 739. The van der Waals surface area contributed by atoms with Gasteiger partial charge in [-0.05, 0) is 46.8 Å². The van der Waals surface area contributed by atoms with Crippen molar-refractivity contribution < 1.29 is 0 Å².